The number of hydrogen-bond acceptors (Lipinski definition) is 3. The smallest absolute Gasteiger partial charge is 0.209 e. The first-order valence-electron chi connectivity index (χ1n) is 6.04. The molecule has 1 fully saturated rings. The minimum atomic E-state index is -3.38. The summed E-state index contributed by atoms with van der Waals surface area (Å²) in [5.41, 5.74) is 5.71. The van der Waals surface area contributed by atoms with Gasteiger partial charge in [0.05, 0.1) is 5.75 Å². The Morgan fingerprint density at radius 2 is 1.94 bits per heavy atom. The molecule has 0 amide bonds. The van der Waals surface area contributed by atoms with Crippen LogP contribution in [0.2, 0.25) is 0 Å². The van der Waals surface area contributed by atoms with Crippen LogP contribution >= 0.6 is 0 Å². The fourth-order valence-corrected chi connectivity index (χ4v) is 2.50. The molecular weight excluding hydrogens is 240 g/mol. The Balaban J connectivity index is 2.19. The summed E-state index contributed by atoms with van der Waals surface area (Å²) in [7, 11) is -3.38. The molecule has 0 heterocycles. The largest absolute Gasteiger partial charge is 0.370 e. The lowest BCUT2D eigenvalue weighted by Crippen LogP contribution is -2.41. The van der Waals surface area contributed by atoms with E-state index in [1.807, 2.05) is 0 Å². The van der Waals surface area contributed by atoms with Crippen LogP contribution in [0.25, 0.3) is 0 Å². The Hall–Kier alpha value is -0.820. The number of rotatable bonds is 5. The second-order valence-corrected chi connectivity index (χ2v) is 6.20. The standard InChI is InChI=1S/C10H22N4O2S/c11-10(13-7-4-8-17(12,15)16)14-9-5-2-1-3-6-9/h9H,1-8H2,(H3,11,13,14)(H2,12,15,16). The number of nitrogens with zero attached hydrogens (tertiary/aromatic N) is 1. The van der Waals surface area contributed by atoms with E-state index in [9.17, 15) is 8.42 Å². The molecule has 0 unspecified atom stereocenters. The number of primary sulfonamides is 1. The minimum absolute atomic E-state index is 0.0484. The van der Waals surface area contributed by atoms with Crippen LogP contribution < -0.4 is 16.2 Å². The summed E-state index contributed by atoms with van der Waals surface area (Å²) in [4.78, 5) is 4.08. The first-order valence-corrected chi connectivity index (χ1v) is 7.76. The van der Waals surface area contributed by atoms with Crippen molar-refractivity contribution in [2.75, 3.05) is 12.3 Å². The molecule has 0 radical (unpaired) electrons. The van der Waals surface area contributed by atoms with Gasteiger partial charge in [-0.1, -0.05) is 19.3 Å². The first-order chi connectivity index (χ1) is 7.97. The maximum absolute atomic E-state index is 10.7. The van der Waals surface area contributed by atoms with Crippen LogP contribution in [0.1, 0.15) is 38.5 Å². The lowest BCUT2D eigenvalue weighted by atomic mass is 9.96. The molecule has 1 aliphatic carbocycles. The summed E-state index contributed by atoms with van der Waals surface area (Å²) in [6.07, 6.45) is 6.43. The average molecular weight is 262 g/mol. The quantitative estimate of drug-likeness (QED) is 0.365. The van der Waals surface area contributed by atoms with Crippen molar-refractivity contribution in [3.8, 4) is 0 Å². The van der Waals surface area contributed by atoms with Crippen LogP contribution in [-0.4, -0.2) is 32.7 Å². The van der Waals surface area contributed by atoms with Crippen molar-refractivity contribution >= 4 is 16.0 Å². The number of nitrogens with two attached hydrogens (primary N) is 2. The molecule has 0 aromatic rings. The van der Waals surface area contributed by atoms with Crippen molar-refractivity contribution in [3.63, 3.8) is 0 Å². The molecule has 0 bridgehead atoms. The summed E-state index contributed by atoms with van der Waals surface area (Å²) in [6.45, 7) is 0.391. The van der Waals surface area contributed by atoms with Crippen molar-refractivity contribution in [2.45, 2.75) is 44.6 Å². The predicted octanol–water partition coefficient (Wildman–Crippen LogP) is -0.0980. The molecule has 0 spiro atoms. The molecule has 7 heteroatoms. The Labute approximate surface area is 103 Å². The van der Waals surface area contributed by atoms with Gasteiger partial charge in [-0.2, -0.15) is 0 Å². The zero-order chi connectivity index (χ0) is 12.7. The zero-order valence-corrected chi connectivity index (χ0v) is 10.9. The first kappa shape index (κ1) is 14.2. The predicted molar refractivity (Wildman–Crippen MR) is 69.1 cm³/mol. The summed E-state index contributed by atoms with van der Waals surface area (Å²) in [5.74, 6) is 0.360. The normalized spacial score (nSPS) is 19.2. The molecule has 0 atom stereocenters. The molecule has 17 heavy (non-hydrogen) atoms. The van der Waals surface area contributed by atoms with Gasteiger partial charge in [-0.3, -0.25) is 4.99 Å². The van der Waals surface area contributed by atoms with Crippen molar-refractivity contribution in [2.24, 2.45) is 15.9 Å². The second kappa shape index (κ2) is 6.80. The van der Waals surface area contributed by atoms with Crippen molar-refractivity contribution < 1.29 is 8.42 Å². The number of hydrogen-bond donors (Lipinski definition) is 3. The Morgan fingerprint density at radius 3 is 2.53 bits per heavy atom. The molecule has 5 N–H and O–H groups in total. The molecule has 0 aromatic carbocycles. The number of nitrogens with one attached hydrogen (secondary N) is 1. The maximum atomic E-state index is 10.7. The van der Waals surface area contributed by atoms with Gasteiger partial charge in [-0.15, -0.1) is 0 Å². The monoisotopic (exact) mass is 262 g/mol. The van der Waals surface area contributed by atoms with E-state index < -0.39 is 10.0 Å². The van der Waals surface area contributed by atoms with Crippen LogP contribution in [0.5, 0.6) is 0 Å². The van der Waals surface area contributed by atoms with Gasteiger partial charge in [-0.25, -0.2) is 13.6 Å². The highest BCUT2D eigenvalue weighted by molar-refractivity contribution is 7.89. The fourth-order valence-electron chi connectivity index (χ4n) is 1.97. The SMILES string of the molecule is NC(=NCCCS(N)(=O)=O)NC1CCCCC1. The van der Waals surface area contributed by atoms with Gasteiger partial charge in [0, 0.05) is 12.6 Å². The summed E-state index contributed by atoms with van der Waals surface area (Å²) >= 11 is 0. The topological polar surface area (TPSA) is 111 Å². The van der Waals surface area contributed by atoms with Crippen LogP contribution in [-0.2, 0) is 10.0 Å². The van der Waals surface area contributed by atoms with Crippen molar-refractivity contribution in [3.05, 3.63) is 0 Å². The van der Waals surface area contributed by atoms with Crippen molar-refractivity contribution in [1.82, 2.24) is 5.32 Å². The average Bonchev–Trinajstić information content (AvgIpc) is 2.25. The van der Waals surface area contributed by atoms with E-state index >= 15 is 0 Å². The molecule has 100 valence electrons. The molecule has 1 saturated carbocycles. The highest BCUT2D eigenvalue weighted by Gasteiger charge is 2.13. The molecule has 1 rings (SSSR count). The highest BCUT2D eigenvalue weighted by atomic mass is 32.2. The van der Waals surface area contributed by atoms with E-state index in [4.69, 9.17) is 10.9 Å². The molecule has 0 aromatic heterocycles. The van der Waals surface area contributed by atoms with E-state index in [1.165, 1.54) is 19.3 Å². The van der Waals surface area contributed by atoms with Crippen LogP contribution in [0.15, 0.2) is 4.99 Å². The van der Waals surface area contributed by atoms with Crippen LogP contribution in [0, 0.1) is 0 Å². The Bertz CT molecular complexity index is 347. The van der Waals surface area contributed by atoms with E-state index in [0.717, 1.165) is 12.8 Å². The highest BCUT2D eigenvalue weighted by Crippen LogP contribution is 2.16. The number of aliphatic imine (C=N–C) groups is 1. The van der Waals surface area contributed by atoms with Gasteiger partial charge in [0.15, 0.2) is 5.96 Å². The molecule has 1 aliphatic rings. The Kier molecular flexibility index (Phi) is 5.70. The summed E-state index contributed by atoms with van der Waals surface area (Å²) < 4.78 is 21.4. The second-order valence-electron chi connectivity index (χ2n) is 4.47. The minimum Gasteiger partial charge on any atom is -0.370 e. The lowest BCUT2D eigenvalue weighted by Gasteiger charge is -2.23. The van der Waals surface area contributed by atoms with Crippen LogP contribution in [0.3, 0.4) is 0 Å². The maximum Gasteiger partial charge on any atom is 0.209 e. The fraction of sp³-hybridized carbons (Fsp3) is 0.900. The number of sulfonamides is 1. The molecule has 6 nitrogen and oxygen atoms in total. The van der Waals surface area contributed by atoms with E-state index in [2.05, 4.69) is 10.3 Å². The van der Waals surface area contributed by atoms with Crippen molar-refractivity contribution in [1.29, 1.82) is 0 Å². The van der Waals surface area contributed by atoms with E-state index in [1.54, 1.807) is 0 Å². The third-order valence-electron chi connectivity index (χ3n) is 2.83. The summed E-state index contributed by atoms with van der Waals surface area (Å²) in [5, 5.41) is 8.04. The van der Waals surface area contributed by atoms with Gasteiger partial charge < -0.3 is 11.1 Å². The molecular formula is C10H22N4O2S. The lowest BCUT2D eigenvalue weighted by molar-refractivity contribution is 0.412. The van der Waals surface area contributed by atoms with Gasteiger partial charge >= 0.3 is 0 Å². The third-order valence-corrected chi connectivity index (χ3v) is 3.68. The third kappa shape index (κ3) is 7.17. The Morgan fingerprint density at radius 1 is 1.29 bits per heavy atom. The number of guanidine groups is 1. The van der Waals surface area contributed by atoms with Gasteiger partial charge in [-0.05, 0) is 19.3 Å². The van der Waals surface area contributed by atoms with E-state index in [0.29, 0.717) is 25.0 Å². The van der Waals surface area contributed by atoms with E-state index in [-0.39, 0.29) is 5.75 Å². The molecule has 0 saturated heterocycles. The van der Waals surface area contributed by atoms with Gasteiger partial charge in [0.2, 0.25) is 10.0 Å². The summed E-state index contributed by atoms with van der Waals surface area (Å²) in [6, 6.07) is 0.422. The zero-order valence-electron chi connectivity index (χ0n) is 10.1. The van der Waals surface area contributed by atoms with Gasteiger partial charge in [0.1, 0.15) is 0 Å². The van der Waals surface area contributed by atoms with Gasteiger partial charge in [0.25, 0.3) is 0 Å². The van der Waals surface area contributed by atoms with Crippen LogP contribution in [0.4, 0.5) is 0 Å². The molecule has 0 aliphatic heterocycles.